The van der Waals surface area contributed by atoms with Crippen molar-refractivity contribution in [1.29, 1.82) is 0 Å². The molecule has 72 valence electrons. The molecule has 0 unspecified atom stereocenters. The lowest BCUT2D eigenvalue weighted by atomic mass is 10.1. The molecular weight excluding hydrogens is 251 g/mol. The summed E-state index contributed by atoms with van der Waals surface area (Å²) in [5, 5.41) is -0.0255. The maximum absolute atomic E-state index is 12.5. The van der Waals surface area contributed by atoms with Gasteiger partial charge in [-0.3, -0.25) is 9.78 Å². The molecule has 1 heterocycles. The van der Waals surface area contributed by atoms with Crippen molar-refractivity contribution in [1.82, 2.24) is 4.98 Å². The Labute approximate surface area is 79.9 Å². The molecule has 0 aliphatic heterocycles. The van der Waals surface area contributed by atoms with E-state index in [4.69, 9.17) is 0 Å². The molecule has 0 atom stereocenters. The number of nitrogens with one attached hydrogen (secondary N) is 1. The molecule has 6 heteroatoms. The zero-order valence-electron chi connectivity index (χ0n) is 6.28. The zero-order valence-corrected chi connectivity index (χ0v) is 7.87. The molecule has 0 amide bonds. The fourth-order valence-corrected chi connectivity index (χ4v) is 1.49. The molecule has 0 aliphatic carbocycles. The Balaban J connectivity index is 3.38. The van der Waals surface area contributed by atoms with E-state index in [9.17, 15) is 18.0 Å². The highest BCUT2D eigenvalue weighted by molar-refractivity contribution is 9.08. The van der Waals surface area contributed by atoms with Gasteiger partial charge in [0.25, 0.3) is 12.0 Å². The van der Waals surface area contributed by atoms with Crippen molar-refractivity contribution in [2.45, 2.75) is 11.8 Å². The molecule has 0 bridgehead atoms. The number of rotatable bonds is 2. The molecule has 1 rings (SSSR count). The highest BCUT2D eigenvalue weighted by Gasteiger charge is 2.16. The first-order valence-corrected chi connectivity index (χ1v) is 4.44. The van der Waals surface area contributed by atoms with Crippen LogP contribution in [0.3, 0.4) is 0 Å². The van der Waals surface area contributed by atoms with E-state index in [1.165, 1.54) is 0 Å². The van der Waals surface area contributed by atoms with Gasteiger partial charge in [-0.2, -0.15) is 4.39 Å². The molecule has 13 heavy (non-hydrogen) atoms. The average Bonchev–Trinajstić information content (AvgIpc) is 2.02. The molecule has 1 N–H and O–H groups in total. The molecule has 1 aromatic heterocycles. The van der Waals surface area contributed by atoms with Crippen LogP contribution < -0.4 is 5.56 Å². The van der Waals surface area contributed by atoms with Crippen molar-refractivity contribution in [2.75, 3.05) is 0 Å². The van der Waals surface area contributed by atoms with Crippen molar-refractivity contribution in [3.8, 4) is 0 Å². The van der Waals surface area contributed by atoms with Crippen LogP contribution in [-0.4, -0.2) is 4.98 Å². The summed E-state index contributed by atoms with van der Waals surface area (Å²) in [6.07, 6.45) is -2.84. The Hall–Kier alpha value is -0.780. The van der Waals surface area contributed by atoms with Gasteiger partial charge in [-0.15, -0.1) is 0 Å². The minimum absolute atomic E-state index is 0.0255. The summed E-state index contributed by atoms with van der Waals surface area (Å²) in [6.45, 7) is 0. The normalized spacial score (nSPS) is 10.8. The van der Waals surface area contributed by atoms with E-state index in [2.05, 4.69) is 15.9 Å². The molecule has 0 spiro atoms. The minimum Gasteiger partial charge on any atom is -0.299 e. The van der Waals surface area contributed by atoms with Gasteiger partial charge in [0, 0.05) is 22.5 Å². The van der Waals surface area contributed by atoms with Crippen LogP contribution in [-0.2, 0) is 5.33 Å². The summed E-state index contributed by atoms with van der Waals surface area (Å²) in [5.74, 6) is -1.05. The van der Waals surface area contributed by atoms with Gasteiger partial charge in [-0.05, 0) is 0 Å². The molecule has 0 aromatic carbocycles. The first-order valence-electron chi connectivity index (χ1n) is 3.32. The number of aromatic nitrogens is 1. The van der Waals surface area contributed by atoms with Crippen LogP contribution in [0.25, 0.3) is 0 Å². The van der Waals surface area contributed by atoms with Crippen LogP contribution >= 0.6 is 15.9 Å². The first kappa shape index (κ1) is 10.3. The smallest absolute Gasteiger partial charge is 0.264 e. The highest BCUT2D eigenvalue weighted by Crippen LogP contribution is 2.22. The third kappa shape index (κ3) is 2.12. The van der Waals surface area contributed by atoms with E-state index in [1.54, 1.807) is 4.98 Å². The van der Waals surface area contributed by atoms with Crippen LogP contribution in [0, 0.1) is 5.95 Å². The molecule has 0 aliphatic rings. The van der Waals surface area contributed by atoms with E-state index in [-0.39, 0.29) is 10.9 Å². The standard InChI is InChI=1S/C7H5BrF3NO/c8-2-4-3(6(10)11)1-5(9)12-7(4)13/h1,6H,2H2,(H,12,13). The number of halogens is 4. The summed E-state index contributed by atoms with van der Waals surface area (Å²) in [6, 6.07) is 0.628. The molecule has 0 saturated heterocycles. The second-order valence-corrected chi connectivity index (χ2v) is 2.88. The summed E-state index contributed by atoms with van der Waals surface area (Å²) in [4.78, 5) is 12.7. The minimum atomic E-state index is -2.84. The number of alkyl halides is 3. The summed E-state index contributed by atoms with van der Waals surface area (Å²) >= 11 is 2.88. The molecule has 2 nitrogen and oxygen atoms in total. The second kappa shape index (κ2) is 3.95. The summed E-state index contributed by atoms with van der Waals surface area (Å²) < 4.78 is 37.0. The number of hydrogen-bond acceptors (Lipinski definition) is 1. The van der Waals surface area contributed by atoms with E-state index < -0.39 is 23.5 Å². The molecule has 0 fully saturated rings. The highest BCUT2D eigenvalue weighted by atomic mass is 79.9. The van der Waals surface area contributed by atoms with Crippen molar-refractivity contribution < 1.29 is 13.2 Å². The van der Waals surface area contributed by atoms with Crippen molar-refractivity contribution in [3.05, 3.63) is 33.5 Å². The van der Waals surface area contributed by atoms with Gasteiger partial charge in [0.15, 0.2) is 5.95 Å². The maximum Gasteiger partial charge on any atom is 0.264 e. The lowest BCUT2D eigenvalue weighted by Crippen LogP contribution is -2.16. The van der Waals surface area contributed by atoms with E-state index >= 15 is 0 Å². The van der Waals surface area contributed by atoms with Crippen molar-refractivity contribution in [3.63, 3.8) is 0 Å². The Kier molecular flexibility index (Phi) is 3.13. The fraction of sp³-hybridized carbons (Fsp3) is 0.286. The van der Waals surface area contributed by atoms with Gasteiger partial charge < -0.3 is 0 Å². The Morgan fingerprint density at radius 3 is 2.62 bits per heavy atom. The molecule has 0 radical (unpaired) electrons. The van der Waals surface area contributed by atoms with Gasteiger partial charge in [-0.1, -0.05) is 15.9 Å². The summed E-state index contributed by atoms with van der Waals surface area (Å²) in [5.41, 5.74) is -1.54. The van der Waals surface area contributed by atoms with Gasteiger partial charge >= 0.3 is 0 Å². The molecule has 1 aromatic rings. The average molecular weight is 256 g/mol. The van der Waals surface area contributed by atoms with Crippen LogP contribution in [0.2, 0.25) is 0 Å². The largest absolute Gasteiger partial charge is 0.299 e. The fourth-order valence-electron chi connectivity index (χ4n) is 0.907. The Bertz CT molecular complexity index is 363. The molecule has 0 saturated carbocycles. The lowest BCUT2D eigenvalue weighted by Gasteiger charge is -2.04. The Morgan fingerprint density at radius 1 is 1.54 bits per heavy atom. The van der Waals surface area contributed by atoms with Crippen LogP contribution in [0.1, 0.15) is 17.6 Å². The van der Waals surface area contributed by atoms with Crippen LogP contribution in [0.4, 0.5) is 13.2 Å². The van der Waals surface area contributed by atoms with E-state index in [0.717, 1.165) is 0 Å². The quantitative estimate of drug-likeness (QED) is 0.639. The van der Waals surface area contributed by atoms with Crippen molar-refractivity contribution in [2.24, 2.45) is 0 Å². The van der Waals surface area contributed by atoms with Crippen LogP contribution in [0.15, 0.2) is 10.9 Å². The first-order chi connectivity index (χ1) is 6.06. The third-order valence-electron chi connectivity index (χ3n) is 1.51. The zero-order chi connectivity index (χ0) is 10.0. The number of hydrogen-bond donors (Lipinski definition) is 1. The van der Waals surface area contributed by atoms with Crippen LogP contribution in [0.5, 0.6) is 0 Å². The van der Waals surface area contributed by atoms with E-state index in [1.807, 2.05) is 0 Å². The lowest BCUT2D eigenvalue weighted by molar-refractivity contribution is 0.149. The van der Waals surface area contributed by atoms with Gasteiger partial charge in [0.05, 0.1) is 0 Å². The predicted octanol–water partition coefficient (Wildman–Crippen LogP) is 2.35. The van der Waals surface area contributed by atoms with Gasteiger partial charge in [0.2, 0.25) is 0 Å². The Morgan fingerprint density at radius 2 is 2.15 bits per heavy atom. The van der Waals surface area contributed by atoms with Gasteiger partial charge in [-0.25, -0.2) is 8.78 Å². The maximum atomic E-state index is 12.5. The number of pyridine rings is 1. The molecular formula is C7H5BrF3NO. The van der Waals surface area contributed by atoms with Gasteiger partial charge in [0.1, 0.15) is 0 Å². The van der Waals surface area contributed by atoms with Crippen molar-refractivity contribution >= 4 is 15.9 Å². The SMILES string of the molecule is O=c1[nH]c(F)cc(C(F)F)c1CBr. The third-order valence-corrected chi connectivity index (χ3v) is 2.07. The topological polar surface area (TPSA) is 32.9 Å². The monoisotopic (exact) mass is 255 g/mol. The van der Waals surface area contributed by atoms with E-state index in [0.29, 0.717) is 6.07 Å². The predicted molar refractivity (Wildman–Crippen MR) is 44.6 cm³/mol. The number of H-pyrrole nitrogens is 1. The summed E-state index contributed by atoms with van der Waals surface area (Å²) in [7, 11) is 0. The number of aromatic amines is 1. The second-order valence-electron chi connectivity index (χ2n) is 2.31.